The summed E-state index contributed by atoms with van der Waals surface area (Å²) in [5.41, 5.74) is 11.0. The van der Waals surface area contributed by atoms with Gasteiger partial charge in [-0.3, -0.25) is 0 Å². The van der Waals surface area contributed by atoms with Crippen molar-refractivity contribution in [2.45, 2.75) is 51.0 Å². The number of piperidine rings is 1. The van der Waals surface area contributed by atoms with Crippen LogP contribution in [0.3, 0.4) is 0 Å². The summed E-state index contributed by atoms with van der Waals surface area (Å²) in [4.78, 5) is 7.48. The number of nitrogens with zero attached hydrogens (tertiary/aromatic N) is 5. The summed E-state index contributed by atoms with van der Waals surface area (Å²) in [5, 5.41) is 8.28. The van der Waals surface area contributed by atoms with Gasteiger partial charge < -0.3 is 29.9 Å². The highest BCUT2D eigenvalue weighted by molar-refractivity contribution is 6.29. The first-order chi connectivity index (χ1) is 16.5. The molecule has 1 aromatic heterocycles. The second-order valence-corrected chi connectivity index (χ2v) is 10.2. The highest BCUT2D eigenvalue weighted by atomic mass is 35.5. The standard InChI is InChI=1S/C25H35ClN6O2/c1-16-10-20(30-8-6-17(7-9-30)25(33-2)34-3)12-21(11-16)32-18-4-5-19(32)15-31(14-18)22-13-23(26)28-29-24(22)27/h10-13,17-19,25H,4-9,14-15H2,1-3H3,(H2,27,29). The number of nitrogens with two attached hydrogens (primary N) is 1. The van der Waals surface area contributed by atoms with Crippen LogP contribution in [0.2, 0.25) is 5.15 Å². The molecule has 2 unspecified atom stereocenters. The van der Waals surface area contributed by atoms with Gasteiger partial charge in [0, 0.05) is 75.8 Å². The van der Waals surface area contributed by atoms with E-state index in [0.29, 0.717) is 29.0 Å². The van der Waals surface area contributed by atoms with Crippen LogP contribution in [0.25, 0.3) is 0 Å². The first kappa shape index (κ1) is 23.5. The largest absolute Gasteiger partial charge is 0.380 e. The molecule has 2 atom stereocenters. The third-order valence-corrected chi connectivity index (χ3v) is 7.88. The average molecular weight is 487 g/mol. The van der Waals surface area contributed by atoms with Crippen LogP contribution in [0.5, 0.6) is 0 Å². The van der Waals surface area contributed by atoms with Crippen molar-refractivity contribution in [2.75, 3.05) is 60.8 Å². The van der Waals surface area contributed by atoms with Crippen molar-refractivity contribution in [3.8, 4) is 0 Å². The lowest BCUT2D eigenvalue weighted by Gasteiger charge is -2.44. The Bertz CT molecular complexity index is 997. The molecule has 3 aliphatic rings. The Kier molecular flexibility index (Phi) is 6.73. The molecule has 8 nitrogen and oxygen atoms in total. The smallest absolute Gasteiger partial charge is 0.169 e. The Morgan fingerprint density at radius 1 is 0.912 bits per heavy atom. The number of nitrogen functional groups attached to an aromatic ring is 1. The van der Waals surface area contributed by atoms with Gasteiger partial charge in [0.05, 0.1) is 5.69 Å². The van der Waals surface area contributed by atoms with Crippen LogP contribution in [0.4, 0.5) is 22.9 Å². The minimum atomic E-state index is -0.110. The second-order valence-electron chi connectivity index (χ2n) is 9.83. The number of halogens is 1. The Morgan fingerprint density at radius 2 is 1.56 bits per heavy atom. The van der Waals surface area contributed by atoms with E-state index in [1.165, 1.54) is 29.8 Å². The highest BCUT2D eigenvalue weighted by Gasteiger charge is 2.41. The number of hydrogen-bond acceptors (Lipinski definition) is 8. The molecular weight excluding hydrogens is 452 g/mol. The fourth-order valence-corrected chi connectivity index (χ4v) is 6.27. The number of benzene rings is 1. The molecule has 0 aliphatic carbocycles. The van der Waals surface area contributed by atoms with Gasteiger partial charge in [-0.05, 0) is 56.4 Å². The minimum absolute atomic E-state index is 0.110. The van der Waals surface area contributed by atoms with E-state index < -0.39 is 0 Å². The molecule has 0 saturated carbocycles. The van der Waals surface area contributed by atoms with Gasteiger partial charge in [0.25, 0.3) is 0 Å². The normalized spacial score (nSPS) is 23.3. The number of aromatic nitrogens is 2. The summed E-state index contributed by atoms with van der Waals surface area (Å²) >= 11 is 6.12. The second kappa shape index (κ2) is 9.76. The molecule has 2 aromatic rings. The highest BCUT2D eigenvalue weighted by Crippen LogP contribution is 2.40. The number of anilines is 4. The molecule has 0 spiro atoms. The van der Waals surface area contributed by atoms with E-state index in [0.717, 1.165) is 44.7 Å². The van der Waals surface area contributed by atoms with Gasteiger partial charge in [0.15, 0.2) is 17.3 Å². The van der Waals surface area contributed by atoms with E-state index >= 15 is 0 Å². The van der Waals surface area contributed by atoms with Crippen LogP contribution in [0.1, 0.15) is 31.2 Å². The molecule has 2 N–H and O–H groups in total. The predicted octanol–water partition coefficient (Wildman–Crippen LogP) is 3.71. The number of hydrogen-bond donors (Lipinski definition) is 1. The molecule has 4 heterocycles. The number of piperazine rings is 1. The number of fused-ring (bicyclic) bond motifs is 2. The Balaban J connectivity index is 1.32. The monoisotopic (exact) mass is 486 g/mol. The Labute approximate surface area is 207 Å². The third kappa shape index (κ3) is 4.51. The molecule has 2 bridgehead atoms. The number of ether oxygens (including phenoxy) is 2. The molecule has 1 aromatic carbocycles. The molecule has 3 aliphatic heterocycles. The summed E-state index contributed by atoms with van der Waals surface area (Å²) in [7, 11) is 3.46. The van der Waals surface area contributed by atoms with Crippen molar-refractivity contribution in [3.63, 3.8) is 0 Å². The van der Waals surface area contributed by atoms with E-state index in [9.17, 15) is 0 Å². The van der Waals surface area contributed by atoms with Crippen molar-refractivity contribution in [3.05, 3.63) is 35.0 Å². The minimum Gasteiger partial charge on any atom is -0.380 e. The first-order valence-corrected chi connectivity index (χ1v) is 12.6. The van der Waals surface area contributed by atoms with E-state index in [2.05, 4.69) is 50.0 Å². The molecule has 9 heteroatoms. The molecule has 0 amide bonds. The van der Waals surface area contributed by atoms with Gasteiger partial charge in [-0.2, -0.15) is 0 Å². The molecule has 3 saturated heterocycles. The lowest BCUT2D eigenvalue weighted by Crippen LogP contribution is -2.54. The molecule has 0 radical (unpaired) electrons. The zero-order chi connectivity index (χ0) is 23.8. The van der Waals surface area contributed by atoms with Gasteiger partial charge in [-0.15, -0.1) is 10.2 Å². The van der Waals surface area contributed by atoms with E-state index in [-0.39, 0.29) is 6.29 Å². The zero-order valence-corrected chi connectivity index (χ0v) is 21.0. The zero-order valence-electron chi connectivity index (χ0n) is 20.3. The van der Waals surface area contributed by atoms with E-state index in [1.54, 1.807) is 14.2 Å². The van der Waals surface area contributed by atoms with Gasteiger partial charge in [-0.1, -0.05) is 11.6 Å². The lowest BCUT2D eigenvalue weighted by molar-refractivity contribution is -0.141. The van der Waals surface area contributed by atoms with Crippen LogP contribution in [0.15, 0.2) is 24.3 Å². The Hall–Kier alpha value is -2.29. The summed E-state index contributed by atoms with van der Waals surface area (Å²) in [5.74, 6) is 0.894. The molecule has 5 rings (SSSR count). The van der Waals surface area contributed by atoms with Crippen molar-refractivity contribution in [2.24, 2.45) is 5.92 Å². The topological polar surface area (TPSA) is 80.0 Å². The van der Waals surface area contributed by atoms with Crippen molar-refractivity contribution in [1.82, 2.24) is 10.2 Å². The average Bonchev–Trinajstić information content (AvgIpc) is 3.11. The van der Waals surface area contributed by atoms with E-state index in [1.807, 2.05) is 6.07 Å². The fraction of sp³-hybridized carbons (Fsp3) is 0.600. The van der Waals surface area contributed by atoms with Crippen molar-refractivity contribution in [1.29, 1.82) is 0 Å². The van der Waals surface area contributed by atoms with Crippen LogP contribution in [0, 0.1) is 12.8 Å². The van der Waals surface area contributed by atoms with Crippen LogP contribution >= 0.6 is 11.6 Å². The van der Waals surface area contributed by atoms with Crippen molar-refractivity contribution < 1.29 is 9.47 Å². The number of methoxy groups -OCH3 is 2. The molecule has 184 valence electrons. The van der Waals surface area contributed by atoms with Gasteiger partial charge in [-0.25, -0.2) is 0 Å². The summed E-state index contributed by atoms with van der Waals surface area (Å²) in [6, 6.07) is 9.76. The van der Waals surface area contributed by atoms with Crippen LogP contribution < -0.4 is 20.4 Å². The van der Waals surface area contributed by atoms with Crippen LogP contribution in [-0.4, -0.2) is 69.0 Å². The molecule has 34 heavy (non-hydrogen) atoms. The number of aryl methyl sites for hydroxylation is 1. The summed E-state index contributed by atoms with van der Waals surface area (Å²) < 4.78 is 11.0. The SMILES string of the molecule is COC(OC)C1CCN(c2cc(C)cc(N3C4CCC3CN(c3cc(Cl)nnc3N)C4)c2)CC1. The maximum Gasteiger partial charge on any atom is 0.169 e. The van der Waals surface area contributed by atoms with Crippen LogP contribution in [-0.2, 0) is 9.47 Å². The molecule has 3 fully saturated rings. The predicted molar refractivity (Wildman–Crippen MR) is 137 cm³/mol. The van der Waals surface area contributed by atoms with E-state index in [4.69, 9.17) is 26.8 Å². The summed E-state index contributed by atoms with van der Waals surface area (Å²) in [6.07, 6.45) is 4.39. The summed E-state index contributed by atoms with van der Waals surface area (Å²) in [6.45, 7) is 6.06. The maximum absolute atomic E-state index is 6.14. The first-order valence-electron chi connectivity index (χ1n) is 12.2. The Morgan fingerprint density at radius 3 is 2.21 bits per heavy atom. The quantitative estimate of drug-likeness (QED) is 0.619. The number of rotatable bonds is 6. The van der Waals surface area contributed by atoms with Gasteiger partial charge >= 0.3 is 0 Å². The maximum atomic E-state index is 6.14. The molecular formula is C25H35ClN6O2. The van der Waals surface area contributed by atoms with Gasteiger partial charge in [0.1, 0.15) is 0 Å². The third-order valence-electron chi connectivity index (χ3n) is 7.69. The fourth-order valence-electron chi connectivity index (χ4n) is 6.13. The lowest BCUT2D eigenvalue weighted by atomic mass is 9.95. The van der Waals surface area contributed by atoms with Gasteiger partial charge in [0.2, 0.25) is 0 Å². The van der Waals surface area contributed by atoms with Crippen molar-refractivity contribution >= 4 is 34.5 Å².